The molecule has 0 unspecified atom stereocenters. The number of carbonyl (C=O) groups is 2. The quantitative estimate of drug-likeness (QED) is 0.616. The number of hydrogen-bond acceptors (Lipinski definition) is 4. The van der Waals surface area contributed by atoms with Crippen LogP contribution in [-0.2, 0) is 14.3 Å². The van der Waals surface area contributed by atoms with E-state index in [4.69, 9.17) is 4.74 Å². The van der Waals surface area contributed by atoms with Crippen molar-refractivity contribution in [1.29, 1.82) is 0 Å². The minimum absolute atomic E-state index is 0.0701. The number of likely N-dealkylation sites (tertiary alicyclic amines) is 1. The summed E-state index contributed by atoms with van der Waals surface area (Å²) < 4.78 is 5.14. The second-order valence-corrected chi connectivity index (χ2v) is 9.17. The second-order valence-electron chi connectivity index (χ2n) is 8.19. The van der Waals surface area contributed by atoms with Gasteiger partial charge < -0.3 is 9.64 Å². The second kappa shape index (κ2) is 6.36. The molecule has 5 heteroatoms. The van der Waals surface area contributed by atoms with Crippen LogP contribution in [-0.4, -0.2) is 36.0 Å². The molecule has 0 spiro atoms. The monoisotopic (exact) mass is 347 g/mol. The molecule has 1 aliphatic carbocycles. The minimum atomic E-state index is -0.467. The summed E-state index contributed by atoms with van der Waals surface area (Å²) in [5, 5.41) is 1.95. The highest BCUT2D eigenvalue weighted by Crippen LogP contribution is 2.52. The summed E-state index contributed by atoms with van der Waals surface area (Å²) in [7, 11) is 0. The highest BCUT2D eigenvalue weighted by molar-refractivity contribution is 7.10. The summed E-state index contributed by atoms with van der Waals surface area (Å²) in [6, 6.07) is 4.13. The van der Waals surface area contributed by atoms with Crippen LogP contribution in [0.1, 0.15) is 44.9 Å². The number of hydrogen-bond donors (Lipinski definition) is 0. The molecule has 2 fully saturated rings. The van der Waals surface area contributed by atoms with Crippen molar-refractivity contribution in [2.45, 2.75) is 46.1 Å². The molecular formula is C19H25NO3S. The molecule has 24 heavy (non-hydrogen) atoms. The van der Waals surface area contributed by atoms with Crippen molar-refractivity contribution in [1.82, 2.24) is 4.90 Å². The third kappa shape index (κ3) is 3.89. The Balaban J connectivity index is 1.53. The van der Waals surface area contributed by atoms with Crippen molar-refractivity contribution in [3.63, 3.8) is 0 Å². The lowest BCUT2D eigenvalue weighted by atomic mass is 9.65. The third-order valence-electron chi connectivity index (χ3n) is 5.00. The number of rotatable bonds is 4. The summed E-state index contributed by atoms with van der Waals surface area (Å²) in [6.45, 7) is 7.44. The Morgan fingerprint density at radius 1 is 1.38 bits per heavy atom. The van der Waals surface area contributed by atoms with Crippen LogP contribution in [0.4, 0.5) is 0 Å². The molecule has 3 rings (SSSR count). The highest BCUT2D eigenvalue weighted by atomic mass is 32.1. The van der Waals surface area contributed by atoms with Crippen molar-refractivity contribution in [3.8, 4) is 0 Å². The summed E-state index contributed by atoms with van der Waals surface area (Å²) in [5.41, 5.74) is 0.470. The number of thiophene rings is 1. The van der Waals surface area contributed by atoms with Crippen LogP contribution >= 0.6 is 11.3 Å². The average molecular weight is 347 g/mol. The zero-order chi connectivity index (χ0) is 17.4. The largest absolute Gasteiger partial charge is 0.452 e. The van der Waals surface area contributed by atoms with Gasteiger partial charge in [0.1, 0.15) is 0 Å². The SMILES string of the molecule is CC1(C)C[C@@H]2C[C@](C)(CN2C(=O)COC(=O)/C=C/c2cccs2)C1. The molecule has 1 amide bonds. The molecule has 1 aromatic heterocycles. The van der Waals surface area contributed by atoms with Gasteiger partial charge in [-0.25, -0.2) is 4.79 Å². The van der Waals surface area contributed by atoms with Crippen LogP contribution in [0.2, 0.25) is 0 Å². The van der Waals surface area contributed by atoms with E-state index in [-0.39, 0.29) is 29.4 Å². The van der Waals surface area contributed by atoms with Gasteiger partial charge in [-0.1, -0.05) is 26.8 Å². The van der Waals surface area contributed by atoms with E-state index in [1.165, 1.54) is 6.08 Å². The first-order valence-electron chi connectivity index (χ1n) is 8.44. The Morgan fingerprint density at radius 2 is 2.17 bits per heavy atom. The molecule has 1 saturated heterocycles. The van der Waals surface area contributed by atoms with Crippen LogP contribution in [0.15, 0.2) is 23.6 Å². The number of carbonyl (C=O) groups excluding carboxylic acids is 2. The maximum atomic E-state index is 12.5. The molecule has 2 aliphatic rings. The smallest absolute Gasteiger partial charge is 0.331 e. The van der Waals surface area contributed by atoms with Gasteiger partial charge in [-0.15, -0.1) is 11.3 Å². The first kappa shape index (κ1) is 17.2. The van der Waals surface area contributed by atoms with E-state index in [1.54, 1.807) is 17.4 Å². The van der Waals surface area contributed by atoms with Gasteiger partial charge >= 0.3 is 5.97 Å². The van der Waals surface area contributed by atoms with Crippen LogP contribution in [0.25, 0.3) is 6.08 Å². The molecule has 2 atom stereocenters. The van der Waals surface area contributed by atoms with Crippen molar-refractivity contribution < 1.29 is 14.3 Å². The van der Waals surface area contributed by atoms with E-state index in [9.17, 15) is 9.59 Å². The lowest BCUT2D eigenvalue weighted by Gasteiger charge is -2.39. The van der Waals surface area contributed by atoms with E-state index in [2.05, 4.69) is 20.8 Å². The van der Waals surface area contributed by atoms with Crippen molar-refractivity contribution in [2.75, 3.05) is 13.2 Å². The Labute approximate surface area is 147 Å². The van der Waals surface area contributed by atoms with E-state index < -0.39 is 5.97 Å². The average Bonchev–Trinajstić information content (AvgIpc) is 3.07. The van der Waals surface area contributed by atoms with Gasteiger partial charge in [0.2, 0.25) is 0 Å². The van der Waals surface area contributed by atoms with Gasteiger partial charge in [0.15, 0.2) is 6.61 Å². The number of esters is 1. The number of fused-ring (bicyclic) bond motifs is 2. The molecule has 0 N–H and O–H groups in total. The molecule has 130 valence electrons. The molecular weight excluding hydrogens is 322 g/mol. The fourth-order valence-corrected chi connectivity index (χ4v) is 5.17. The van der Waals surface area contributed by atoms with Crippen LogP contribution in [0, 0.1) is 10.8 Å². The van der Waals surface area contributed by atoms with Gasteiger partial charge in [0.05, 0.1) is 0 Å². The summed E-state index contributed by atoms with van der Waals surface area (Å²) in [5.74, 6) is -0.537. The van der Waals surface area contributed by atoms with Gasteiger partial charge in [-0.05, 0) is 47.6 Å². The van der Waals surface area contributed by atoms with E-state index in [1.807, 2.05) is 22.4 Å². The molecule has 2 bridgehead atoms. The van der Waals surface area contributed by atoms with Gasteiger partial charge in [0.25, 0.3) is 5.91 Å². The van der Waals surface area contributed by atoms with Gasteiger partial charge in [-0.3, -0.25) is 4.79 Å². The molecule has 4 nitrogen and oxygen atoms in total. The van der Waals surface area contributed by atoms with Crippen LogP contribution in [0.3, 0.4) is 0 Å². The fourth-order valence-electron chi connectivity index (χ4n) is 4.55. The fraction of sp³-hybridized carbons (Fsp3) is 0.579. The minimum Gasteiger partial charge on any atom is -0.452 e. The molecule has 0 aromatic carbocycles. The van der Waals surface area contributed by atoms with Crippen molar-refractivity contribution in [3.05, 3.63) is 28.5 Å². The maximum absolute atomic E-state index is 12.5. The van der Waals surface area contributed by atoms with Crippen LogP contribution in [0.5, 0.6) is 0 Å². The zero-order valence-electron chi connectivity index (χ0n) is 14.6. The zero-order valence-corrected chi connectivity index (χ0v) is 15.4. The lowest BCUT2D eigenvalue weighted by molar-refractivity contribution is -0.148. The van der Waals surface area contributed by atoms with Crippen molar-refractivity contribution >= 4 is 29.3 Å². The molecule has 2 heterocycles. The standard InChI is InChI=1S/C19H25NO3S/c1-18(2)9-14-10-19(3,12-18)13-20(14)16(21)11-23-17(22)7-6-15-5-4-8-24-15/h4-8,14H,9-13H2,1-3H3/b7-6+/t14-,19+/m1/s1. The normalized spacial score (nSPS) is 28.3. The Morgan fingerprint density at radius 3 is 2.88 bits per heavy atom. The van der Waals surface area contributed by atoms with Crippen LogP contribution < -0.4 is 0 Å². The molecule has 1 aliphatic heterocycles. The first-order chi connectivity index (χ1) is 11.3. The van der Waals surface area contributed by atoms with Crippen molar-refractivity contribution in [2.24, 2.45) is 10.8 Å². The Bertz CT molecular complexity index is 650. The highest BCUT2D eigenvalue weighted by Gasteiger charge is 2.50. The topological polar surface area (TPSA) is 46.6 Å². The maximum Gasteiger partial charge on any atom is 0.331 e. The van der Waals surface area contributed by atoms with E-state index >= 15 is 0 Å². The molecule has 1 saturated carbocycles. The predicted octanol–water partition coefficient (Wildman–Crippen LogP) is 3.73. The molecule has 1 aromatic rings. The number of amides is 1. The van der Waals surface area contributed by atoms with Gasteiger partial charge in [0, 0.05) is 23.5 Å². The Hall–Kier alpha value is -1.62. The third-order valence-corrected chi connectivity index (χ3v) is 5.84. The Kier molecular flexibility index (Phi) is 4.56. The number of ether oxygens (including phenoxy) is 1. The summed E-state index contributed by atoms with van der Waals surface area (Å²) in [6.07, 6.45) is 6.33. The van der Waals surface area contributed by atoms with Gasteiger partial charge in [-0.2, -0.15) is 0 Å². The number of nitrogens with zero attached hydrogens (tertiary/aromatic N) is 1. The molecule has 0 radical (unpaired) electrons. The van der Waals surface area contributed by atoms with E-state index in [0.717, 1.165) is 30.7 Å². The first-order valence-corrected chi connectivity index (χ1v) is 9.32. The summed E-state index contributed by atoms with van der Waals surface area (Å²) in [4.78, 5) is 27.2. The summed E-state index contributed by atoms with van der Waals surface area (Å²) >= 11 is 1.55. The lowest BCUT2D eigenvalue weighted by Crippen LogP contribution is -2.39. The van der Waals surface area contributed by atoms with E-state index in [0.29, 0.717) is 0 Å². The predicted molar refractivity (Wildman–Crippen MR) is 95.6 cm³/mol.